The second-order valence-corrected chi connectivity index (χ2v) is 18.8. The Labute approximate surface area is 241 Å². The van der Waals surface area contributed by atoms with Crippen molar-refractivity contribution < 1.29 is 26.0 Å². The van der Waals surface area contributed by atoms with Crippen LogP contribution in [0.25, 0.3) is 0 Å². The Morgan fingerprint density at radius 2 is 1.19 bits per heavy atom. The lowest BCUT2D eigenvalue weighted by molar-refractivity contribution is -0.141. The first-order chi connectivity index (χ1) is 17.4. The number of carboxylic acid groups (broad SMARTS) is 2. The molecular weight excluding hydrogens is 575 g/mol. The van der Waals surface area contributed by atoms with Crippen LogP contribution in [0.2, 0.25) is 0 Å². The lowest BCUT2D eigenvalue weighted by atomic mass is 10.0. The third kappa shape index (κ3) is 15.2. The van der Waals surface area contributed by atoms with Crippen LogP contribution in [0, 0.1) is 5.92 Å². The Bertz CT molecular complexity index is 664. The summed E-state index contributed by atoms with van der Waals surface area (Å²) in [6.45, 7) is 0.634. The number of nitrogens with one attached hydrogen (secondary N) is 1. The summed E-state index contributed by atoms with van der Waals surface area (Å²) in [7, 11) is 10.7. The van der Waals surface area contributed by atoms with Crippen molar-refractivity contribution in [2.75, 3.05) is 6.54 Å². The predicted molar refractivity (Wildman–Crippen MR) is 164 cm³/mol. The summed E-state index contributed by atoms with van der Waals surface area (Å²) in [5, 5.41) is 21.2. The summed E-state index contributed by atoms with van der Waals surface area (Å²) in [5.74, 6) is -1.62. The highest BCUT2D eigenvalue weighted by Crippen LogP contribution is 2.84. The van der Waals surface area contributed by atoms with Crippen LogP contribution in [0.4, 0.5) is 0 Å². The van der Waals surface area contributed by atoms with Crippen LogP contribution in [0.1, 0.15) is 111 Å². The number of unbranched alkanes of at least 4 members (excludes halogenated alkanes) is 12. The van der Waals surface area contributed by atoms with Gasteiger partial charge in [0.15, 0.2) is 2.74 Å². The Hall–Kier alpha value is 0.510. The second kappa shape index (κ2) is 19.6. The third-order valence-electron chi connectivity index (χ3n) is 6.16. The zero-order valence-corrected chi connectivity index (χ0v) is 25.9. The Balaban J connectivity index is 0.00000684. The molecule has 12 heteroatoms. The first-order valence-electron chi connectivity index (χ1n) is 13.2. The van der Waals surface area contributed by atoms with E-state index in [0.717, 1.165) is 44.9 Å². The summed E-state index contributed by atoms with van der Waals surface area (Å²) >= 11 is 0. The van der Waals surface area contributed by atoms with Gasteiger partial charge in [0.2, 0.25) is 5.91 Å². The zero-order chi connectivity index (χ0) is 26.1. The van der Waals surface area contributed by atoms with Crippen LogP contribution in [0.15, 0.2) is 0 Å². The molecule has 6 nitrogen and oxygen atoms in total. The van der Waals surface area contributed by atoms with Crippen LogP contribution >= 0.6 is 64.8 Å². The lowest BCUT2D eigenvalue weighted by Gasteiger charge is -2.27. The quantitative estimate of drug-likeness (QED) is 0.0616. The van der Waals surface area contributed by atoms with Crippen molar-refractivity contribution in [2.24, 2.45) is 5.92 Å². The summed E-state index contributed by atoms with van der Waals surface area (Å²) in [6, 6.07) is 0. The second-order valence-electron chi connectivity index (χ2n) is 9.32. The van der Waals surface area contributed by atoms with Crippen molar-refractivity contribution in [1.29, 1.82) is 0 Å². The molecule has 0 unspecified atom stereocenters. The third-order valence-corrected chi connectivity index (χ3v) is 20.0. The Morgan fingerprint density at radius 3 is 1.67 bits per heavy atom. The summed E-state index contributed by atoms with van der Waals surface area (Å²) in [6.07, 6.45) is 16.9. The number of aliphatic carboxylic acids is 2. The van der Waals surface area contributed by atoms with E-state index in [1.54, 1.807) is 43.2 Å². The number of amides is 1. The highest BCUT2D eigenvalue weighted by molar-refractivity contribution is 9.14. The van der Waals surface area contributed by atoms with E-state index in [1.165, 1.54) is 44.9 Å². The van der Waals surface area contributed by atoms with Gasteiger partial charge in [-0.05, 0) is 47.3 Å². The molecule has 2 rings (SSSR count). The molecule has 1 amide bonds. The van der Waals surface area contributed by atoms with Crippen molar-refractivity contribution in [3.8, 4) is 0 Å². The van der Waals surface area contributed by atoms with Crippen molar-refractivity contribution in [1.82, 2.24) is 5.32 Å². The molecular formula is C24H43NO5S6. The smallest absolute Gasteiger partial charge is 0.308 e. The van der Waals surface area contributed by atoms with Gasteiger partial charge in [0, 0.05) is 20.8 Å². The molecule has 36 heavy (non-hydrogen) atoms. The van der Waals surface area contributed by atoms with Crippen molar-refractivity contribution in [3.05, 3.63) is 0 Å². The van der Waals surface area contributed by atoms with E-state index in [-0.39, 0.29) is 20.6 Å². The van der Waals surface area contributed by atoms with Gasteiger partial charge in [-0.15, -0.1) is 0 Å². The SMILES string of the molecule is O=C(O)CCCCCCCCCCCCCCC(=O)NCCCC[C@@H](C(=O)O)C1SSC2(SS1)SS2.[HH]. The number of carboxylic acids is 2. The first kappa shape index (κ1) is 32.7. The topological polar surface area (TPSA) is 104 Å². The van der Waals surface area contributed by atoms with Crippen LogP contribution in [0.3, 0.4) is 0 Å². The van der Waals surface area contributed by atoms with E-state index in [4.69, 9.17) is 5.11 Å². The zero-order valence-electron chi connectivity index (χ0n) is 21.0. The minimum absolute atomic E-state index is 0. The maximum atomic E-state index is 12.0. The van der Waals surface area contributed by atoms with Crippen LogP contribution in [-0.4, -0.2) is 41.9 Å². The summed E-state index contributed by atoms with van der Waals surface area (Å²) < 4.78 is 0.285. The number of carbonyl (C=O) groups excluding carboxylic acids is 1. The molecule has 0 saturated carbocycles. The molecule has 0 bridgehead atoms. The van der Waals surface area contributed by atoms with Gasteiger partial charge in [-0.2, -0.15) is 0 Å². The summed E-state index contributed by atoms with van der Waals surface area (Å²) in [5.41, 5.74) is 0. The molecule has 0 aromatic carbocycles. The van der Waals surface area contributed by atoms with Gasteiger partial charge in [-0.25, -0.2) is 0 Å². The average molecular weight is 618 g/mol. The van der Waals surface area contributed by atoms with E-state index in [0.29, 0.717) is 25.8 Å². The normalized spacial score (nSPS) is 17.7. The van der Waals surface area contributed by atoms with Crippen molar-refractivity contribution in [2.45, 2.75) is 116 Å². The van der Waals surface area contributed by atoms with Gasteiger partial charge in [0.1, 0.15) is 0 Å². The lowest BCUT2D eigenvalue weighted by Crippen LogP contribution is -2.26. The van der Waals surface area contributed by atoms with Gasteiger partial charge in [0.25, 0.3) is 0 Å². The van der Waals surface area contributed by atoms with E-state index in [2.05, 4.69) is 5.32 Å². The highest BCUT2D eigenvalue weighted by Gasteiger charge is 2.53. The molecule has 210 valence electrons. The fourth-order valence-electron chi connectivity index (χ4n) is 3.98. The first-order valence-corrected chi connectivity index (χ1v) is 19.8. The molecule has 2 saturated heterocycles. The Morgan fingerprint density at radius 1 is 0.694 bits per heavy atom. The van der Waals surface area contributed by atoms with Gasteiger partial charge in [-0.1, -0.05) is 114 Å². The largest absolute Gasteiger partial charge is 0.481 e. The molecule has 0 aromatic heterocycles. The van der Waals surface area contributed by atoms with E-state index in [1.807, 2.05) is 21.6 Å². The van der Waals surface area contributed by atoms with Crippen molar-refractivity contribution in [3.63, 3.8) is 0 Å². The van der Waals surface area contributed by atoms with Gasteiger partial charge in [-0.3, -0.25) is 14.4 Å². The molecule has 2 heterocycles. The summed E-state index contributed by atoms with van der Waals surface area (Å²) in [4.78, 5) is 34.2. The predicted octanol–water partition coefficient (Wildman–Crippen LogP) is 8.87. The minimum Gasteiger partial charge on any atom is -0.481 e. The van der Waals surface area contributed by atoms with E-state index < -0.39 is 11.9 Å². The fraction of sp³-hybridized carbons (Fsp3) is 0.875. The molecule has 0 aromatic rings. The standard InChI is InChI=1S/C24H41NO5S6.H2/c26-20(16-11-9-7-5-3-1-2-4-6-8-10-12-17-21(27)28)25-18-14-13-15-19(22(29)30)23-31-33-24(34-32-23)35-36-24;/h19,23H,1-18H2,(H,25,26)(H,27,28)(H,29,30);1H/t19-;/m0./s1. The molecule has 2 fully saturated rings. The van der Waals surface area contributed by atoms with E-state index >= 15 is 0 Å². The average Bonchev–Trinajstić information content (AvgIpc) is 3.60. The maximum absolute atomic E-state index is 12.0. The molecule has 2 aliphatic rings. The molecule has 3 N–H and O–H groups in total. The minimum atomic E-state index is -0.706. The maximum Gasteiger partial charge on any atom is 0.308 e. The van der Waals surface area contributed by atoms with Gasteiger partial charge < -0.3 is 15.5 Å². The van der Waals surface area contributed by atoms with Crippen molar-refractivity contribution >= 4 is 82.6 Å². The van der Waals surface area contributed by atoms with Gasteiger partial charge >= 0.3 is 11.9 Å². The molecule has 1 spiro atoms. The van der Waals surface area contributed by atoms with Crippen LogP contribution in [-0.2, 0) is 14.4 Å². The Kier molecular flexibility index (Phi) is 17.8. The number of carbonyl (C=O) groups is 3. The van der Waals surface area contributed by atoms with Crippen LogP contribution in [0.5, 0.6) is 0 Å². The number of rotatable bonds is 22. The number of hydrogen-bond acceptors (Lipinski definition) is 9. The van der Waals surface area contributed by atoms with Gasteiger partial charge in [0.05, 0.1) is 10.5 Å². The monoisotopic (exact) mass is 617 g/mol. The van der Waals surface area contributed by atoms with Crippen LogP contribution < -0.4 is 5.32 Å². The molecule has 0 aliphatic carbocycles. The molecule has 0 radical (unpaired) electrons. The molecule has 1 atom stereocenters. The highest BCUT2D eigenvalue weighted by atomic mass is 33.2. The molecule has 2 aliphatic heterocycles. The van der Waals surface area contributed by atoms with E-state index in [9.17, 15) is 19.5 Å². The fourth-order valence-corrected chi connectivity index (χ4v) is 17.8. The number of hydrogen-bond donors (Lipinski definition) is 3.